The lowest BCUT2D eigenvalue weighted by atomic mass is 10.1. The van der Waals surface area contributed by atoms with Crippen molar-refractivity contribution >= 4 is 5.91 Å². The molecule has 0 fully saturated rings. The average molecular weight is 325 g/mol. The summed E-state index contributed by atoms with van der Waals surface area (Å²) in [7, 11) is 1.57. The van der Waals surface area contributed by atoms with Crippen LogP contribution in [-0.4, -0.2) is 32.9 Å². The van der Waals surface area contributed by atoms with Crippen molar-refractivity contribution in [2.24, 2.45) is 0 Å². The third kappa shape index (κ3) is 3.27. The van der Waals surface area contributed by atoms with Crippen LogP contribution >= 0.6 is 0 Å². The summed E-state index contributed by atoms with van der Waals surface area (Å²) >= 11 is 0. The molecule has 3 rings (SSSR count). The van der Waals surface area contributed by atoms with Gasteiger partial charge in [0.1, 0.15) is 17.4 Å². The molecule has 0 unspecified atom stereocenters. The summed E-state index contributed by atoms with van der Waals surface area (Å²) < 4.78 is 13.3. The Morgan fingerprint density at radius 1 is 1.25 bits per heavy atom. The zero-order valence-electron chi connectivity index (χ0n) is 13.0. The number of hydrogen-bond donors (Lipinski definition) is 2. The number of imidazole rings is 1. The number of aromatic nitrogens is 2. The molecule has 0 atom stereocenters. The minimum atomic E-state index is -0.575. The van der Waals surface area contributed by atoms with Crippen LogP contribution in [0.15, 0.2) is 54.7 Å². The molecule has 1 aromatic heterocycles. The first kappa shape index (κ1) is 15.7. The van der Waals surface area contributed by atoms with Crippen LogP contribution in [0.25, 0.3) is 11.3 Å². The van der Waals surface area contributed by atoms with Gasteiger partial charge in [0.25, 0.3) is 5.91 Å². The van der Waals surface area contributed by atoms with Gasteiger partial charge in [0, 0.05) is 7.05 Å². The van der Waals surface area contributed by atoms with Crippen molar-refractivity contribution < 1.29 is 14.3 Å². The van der Waals surface area contributed by atoms with Crippen molar-refractivity contribution in [2.45, 2.75) is 6.54 Å². The lowest BCUT2D eigenvalue weighted by molar-refractivity contribution is 0.0778. The topological polar surface area (TPSA) is 69.2 Å². The molecule has 3 aromatic rings. The van der Waals surface area contributed by atoms with Crippen LogP contribution in [0.5, 0.6) is 5.75 Å². The number of phenols is 1. The number of carbonyl (C=O) groups excluding carboxylic acids is 1. The Kier molecular flexibility index (Phi) is 4.29. The number of amides is 1. The molecule has 0 aliphatic carbocycles. The first-order chi connectivity index (χ1) is 11.5. The SMILES string of the molecule is CN(Cc1ncc(-c2ccccc2)[nH]1)C(=O)c1cc(F)ccc1O. The van der Waals surface area contributed by atoms with Crippen molar-refractivity contribution in [3.05, 3.63) is 71.9 Å². The number of benzene rings is 2. The Morgan fingerprint density at radius 2 is 2.00 bits per heavy atom. The Labute approximate surface area is 138 Å². The fraction of sp³-hybridized carbons (Fsp3) is 0.111. The molecule has 0 saturated heterocycles. The maximum Gasteiger partial charge on any atom is 0.257 e. The average Bonchev–Trinajstić information content (AvgIpc) is 3.05. The number of aromatic amines is 1. The highest BCUT2D eigenvalue weighted by molar-refractivity contribution is 5.96. The third-order valence-corrected chi connectivity index (χ3v) is 3.64. The highest BCUT2D eigenvalue weighted by Gasteiger charge is 2.18. The van der Waals surface area contributed by atoms with Gasteiger partial charge in [-0.3, -0.25) is 4.79 Å². The van der Waals surface area contributed by atoms with Crippen LogP contribution in [0, 0.1) is 5.82 Å². The lowest BCUT2D eigenvalue weighted by Crippen LogP contribution is -2.26. The molecular weight excluding hydrogens is 309 g/mol. The monoisotopic (exact) mass is 325 g/mol. The van der Waals surface area contributed by atoms with Gasteiger partial charge in [-0.25, -0.2) is 9.37 Å². The maximum atomic E-state index is 13.3. The van der Waals surface area contributed by atoms with Crippen LogP contribution in [0.2, 0.25) is 0 Å². The number of nitrogens with zero attached hydrogens (tertiary/aromatic N) is 2. The van der Waals surface area contributed by atoms with Gasteiger partial charge in [-0.15, -0.1) is 0 Å². The first-order valence-corrected chi connectivity index (χ1v) is 7.38. The normalized spacial score (nSPS) is 10.6. The minimum absolute atomic E-state index is 0.0765. The number of rotatable bonds is 4. The molecular formula is C18H16FN3O2. The molecule has 2 aromatic carbocycles. The van der Waals surface area contributed by atoms with E-state index in [1.54, 1.807) is 13.2 Å². The van der Waals surface area contributed by atoms with E-state index in [1.807, 2.05) is 30.3 Å². The van der Waals surface area contributed by atoms with Crippen molar-refractivity contribution in [2.75, 3.05) is 7.05 Å². The van der Waals surface area contributed by atoms with E-state index >= 15 is 0 Å². The van der Waals surface area contributed by atoms with Crippen LogP contribution < -0.4 is 0 Å². The summed E-state index contributed by atoms with van der Waals surface area (Å²) in [5.74, 6) is -0.711. The summed E-state index contributed by atoms with van der Waals surface area (Å²) in [6.07, 6.45) is 1.70. The molecule has 6 heteroatoms. The highest BCUT2D eigenvalue weighted by atomic mass is 19.1. The zero-order valence-corrected chi connectivity index (χ0v) is 13.0. The molecule has 0 bridgehead atoms. The van der Waals surface area contributed by atoms with E-state index in [1.165, 1.54) is 4.90 Å². The maximum absolute atomic E-state index is 13.3. The summed E-state index contributed by atoms with van der Waals surface area (Å²) in [6.45, 7) is 0.210. The second kappa shape index (κ2) is 6.54. The fourth-order valence-corrected chi connectivity index (χ4v) is 2.39. The van der Waals surface area contributed by atoms with Gasteiger partial charge in [0.15, 0.2) is 0 Å². The summed E-state index contributed by atoms with van der Waals surface area (Å²) in [6, 6.07) is 13.0. The molecule has 2 N–H and O–H groups in total. The third-order valence-electron chi connectivity index (χ3n) is 3.64. The van der Waals surface area contributed by atoms with Crippen LogP contribution in [0.4, 0.5) is 4.39 Å². The van der Waals surface area contributed by atoms with Gasteiger partial charge in [0.05, 0.1) is 24.0 Å². The molecule has 24 heavy (non-hydrogen) atoms. The second-order valence-corrected chi connectivity index (χ2v) is 5.43. The highest BCUT2D eigenvalue weighted by Crippen LogP contribution is 2.21. The van der Waals surface area contributed by atoms with E-state index in [0.29, 0.717) is 5.82 Å². The van der Waals surface area contributed by atoms with Gasteiger partial charge in [-0.05, 0) is 23.8 Å². The van der Waals surface area contributed by atoms with E-state index in [2.05, 4.69) is 9.97 Å². The van der Waals surface area contributed by atoms with Crippen molar-refractivity contribution in [1.82, 2.24) is 14.9 Å². The van der Waals surface area contributed by atoms with Gasteiger partial charge in [-0.1, -0.05) is 30.3 Å². The molecule has 122 valence electrons. The fourth-order valence-electron chi connectivity index (χ4n) is 2.39. The molecule has 0 aliphatic rings. The lowest BCUT2D eigenvalue weighted by Gasteiger charge is -2.16. The molecule has 5 nitrogen and oxygen atoms in total. The minimum Gasteiger partial charge on any atom is -0.507 e. The van der Waals surface area contributed by atoms with E-state index in [9.17, 15) is 14.3 Å². The molecule has 0 radical (unpaired) electrons. The van der Waals surface area contributed by atoms with Crippen molar-refractivity contribution in [3.8, 4) is 17.0 Å². The van der Waals surface area contributed by atoms with E-state index in [-0.39, 0.29) is 17.9 Å². The van der Waals surface area contributed by atoms with Crippen LogP contribution in [0.1, 0.15) is 16.2 Å². The number of aromatic hydroxyl groups is 1. The summed E-state index contributed by atoms with van der Waals surface area (Å²) in [4.78, 5) is 21.1. The Hall–Kier alpha value is -3.15. The molecule has 0 spiro atoms. The number of carbonyl (C=O) groups is 1. The summed E-state index contributed by atoms with van der Waals surface area (Å²) in [5, 5.41) is 9.74. The largest absolute Gasteiger partial charge is 0.507 e. The van der Waals surface area contributed by atoms with Crippen LogP contribution in [0.3, 0.4) is 0 Å². The molecule has 1 amide bonds. The predicted molar refractivity (Wildman–Crippen MR) is 87.9 cm³/mol. The van der Waals surface area contributed by atoms with Gasteiger partial charge in [-0.2, -0.15) is 0 Å². The van der Waals surface area contributed by atoms with Crippen molar-refractivity contribution in [1.29, 1.82) is 0 Å². The van der Waals surface area contributed by atoms with Gasteiger partial charge >= 0.3 is 0 Å². The zero-order chi connectivity index (χ0) is 17.1. The summed E-state index contributed by atoms with van der Waals surface area (Å²) in [5.41, 5.74) is 1.76. The first-order valence-electron chi connectivity index (χ1n) is 7.38. The van der Waals surface area contributed by atoms with Crippen molar-refractivity contribution in [3.63, 3.8) is 0 Å². The smallest absolute Gasteiger partial charge is 0.257 e. The second-order valence-electron chi connectivity index (χ2n) is 5.43. The van der Waals surface area contributed by atoms with E-state index in [0.717, 1.165) is 29.5 Å². The number of hydrogen-bond acceptors (Lipinski definition) is 3. The Morgan fingerprint density at radius 3 is 2.75 bits per heavy atom. The van der Waals surface area contributed by atoms with Gasteiger partial charge in [0.2, 0.25) is 0 Å². The predicted octanol–water partition coefficient (Wildman–Crippen LogP) is 3.19. The molecule has 0 saturated carbocycles. The number of phenolic OH excluding ortho intramolecular Hbond substituents is 1. The van der Waals surface area contributed by atoms with Gasteiger partial charge < -0.3 is 15.0 Å². The van der Waals surface area contributed by atoms with Crippen LogP contribution in [-0.2, 0) is 6.54 Å². The Bertz CT molecular complexity index is 862. The van der Waals surface area contributed by atoms with E-state index in [4.69, 9.17) is 0 Å². The number of nitrogens with one attached hydrogen (secondary N) is 1. The standard InChI is InChI=1S/C18H16FN3O2/c1-22(18(24)14-9-13(19)7-8-16(14)23)11-17-20-10-15(21-17)12-5-3-2-4-6-12/h2-10,23H,11H2,1H3,(H,20,21). The van der Waals surface area contributed by atoms with E-state index < -0.39 is 11.7 Å². The Balaban J connectivity index is 1.75. The number of halogens is 1. The molecule has 1 heterocycles. The molecule has 0 aliphatic heterocycles. The quantitative estimate of drug-likeness (QED) is 0.774. The number of H-pyrrole nitrogens is 1.